The van der Waals surface area contributed by atoms with E-state index < -0.39 is 51.6 Å². The van der Waals surface area contributed by atoms with Crippen LogP contribution in [0.15, 0.2) is 84.9 Å². The normalized spacial score (nSPS) is 22.6. The van der Waals surface area contributed by atoms with Crippen molar-refractivity contribution in [1.82, 2.24) is 10.6 Å². The summed E-state index contributed by atoms with van der Waals surface area (Å²) in [6.07, 6.45) is -7.58. The van der Waals surface area contributed by atoms with E-state index in [0.29, 0.717) is 87.7 Å². The number of hydrogen-bond donors (Lipinski definition) is 2. The van der Waals surface area contributed by atoms with Crippen LogP contribution in [0, 0.1) is 11.6 Å². The molecule has 4 aromatic rings. The van der Waals surface area contributed by atoms with E-state index in [0.717, 1.165) is 16.4 Å². The van der Waals surface area contributed by atoms with Crippen LogP contribution in [0.4, 0.5) is 54.3 Å². The number of rotatable bonds is 12. The molecule has 0 aliphatic carbocycles. The summed E-state index contributed by atoms with van der Waals surface area (Å²) in [4.78, 5) is 41.8. The number of anilines is 4. The lowest BCUT2D eigenvalue weighted by molar-refractivity contribution is -0.173. The Labute approximate surface area is 442 Å². The van der Waals surface area contributed by atoms with E-state index >= 15 is 0 Å². The summed E-state index contributed by atoms with van der Waals surface area (Å²) in [5, 5.41) is 7.07. The van der Waals surface area contributed by atoms with Gasteiger partial charge >= 0.3 is 24.3 Å². The van der Waals surface area contributed by atoms with Crippen LogP contribution in [0.25, 0.3) is 0 Å². The van der Waals surface area contributed by atoms with Crippen molar-refractivity contribution in [2.75, 3.05) is 113 Å². The maximum Gasteiger partial charge on any atom is 0.471 e. The predicted octanol–water partition coefficient (Wildman–Crippen LogP) is 8.34. The van der Waals surface area contributed by atoms with Gasteiger partial charge < -0.3 is 48.9 Å². The largest absolute Gasteiger partial charge is 0.497 e. The summed E-state index contributed by atoms with van der Waals surface area (Å²) in [7, 11) is 3.34. The van der Waals surface area contributed by atoms with Crippen molar-refractivity contribution in [3.05, 3.63) is 96.6 Å². The lowest BCUT2D eigenvalue weighted by atomic mass is 10.2. The Kier molecular flexibility index (Phi) is 19.2. The Morgan fingerprint density at radius 3 is 1.40 bits per heavy atom. The molecule has 2 N–H and O–H groups in total. The third-order valence-corrected chi connectivity index (χ3v) is 42.9. The maximum atomic E-state index is 14.5. The highest BCUT2D eigenvalue weighted by Gasteiger charge is 2.46. The summed E-state index contributed by atoms with van der Waals surface area (Å²) >= 11 is 20.5. The first kappa shape index (κ1) is 56.3. The number of cyclic esters (lactones) is 2. The Balaban J connectivity index is 0.000000161. The van der Waals surface area contributed by atoms with E-state index in [4.69, 9.17) is 64.3 Å². The molecule has 5 aliphatic heterocycles. The fourth-order valence-corrected chi connectivity index (χ4v) is 50.1. The highest BCUT2D eigenvalue weighted by Crippen LogP contribution is 3.04. The predicted molar refractivity (Wildman–Crippen MR) is 288 cm³/mol. The Morgan fingerprint density at radius 1 is 0.671 bits per heavy atom. The first-order valence-corrected chi connectivity index (χ1v) is 32.6. The molecule has 5 aliphatic rings. The summed E-state index contributed by atoms with van der Waals surface area (Å²) in [6.45, 7) is 6.56. The Bertz CT molecular complexity index is 2650. The second-order valence-electron chi connectivity index (χ2n) is 16.4. The molecular weight excluding hydrogens is 1100 g/mol. The van der Waals surface area contributed by atoms with Crippen LogP contribution in [0.2, 0.25) is 0 Å². The fourth-order valence-electron chi connectivity index (χ4n) is 7.70. The van der Waals surface area contributed by atoms with Crippen molar-refractivity contribution >= 4 is 123 Å². The minimum Gasteiger partial charge on any atom is -0.497 e. The number of alkyl halides is 3. The highest BCUT2D eigenvalue weighted by molar-refractivity contribution is 9.48. The van der Waals surface area contributed by atoms with Gasteiger partial charge in [-0.2, -0.15) is 13.2 Å². The maximum absolute atomic E-state index is 14.5. The van der Waals surface area contributed by atoms with Crippen LogP contribution < -0.4 is 50.3 Å². The van der Waals surface area contributed by atoms with Crippen molar-refractivity contribution in [3.63, 3.8) is 0 Å². The standard InChI is InChI=1S/C16H17F4N3O4.C16H20FN3O3S.C14H14O2P2S4/c17-12-7-10(1-2-13(12)22-3-5-26-6-4-22)23-9-11(27-15(23)25)8-21-14(24)16(18,19)20;1-11(24)18-9-13-10-20(16(21)23-13)12-2-3-15(14(17)8-12)19-4-6-22-7-5-19;1-15-11-3-7-13(8-4-11)17(19)21-18(20,22-17)14-9-5-12(16-2)6-10-14/h1-2,7,11H,3-6,8-9H2,(H,21,24);2-3,8,13H,4-7,9-10H2,1H3,(H,18,24);3-10H,1-2H3/t11-;13-;/m00./s1. The average molecular weight is 1150 g/mol. The van der Waals surface area contributed by atoms with Crippen molar-refractivity contribution in [3.8, 4) is 11.5 Å². The molecule has 0 saturated carbocycles. The molecule has 0 radical (unpaired) electrons. The second-order valence-corrected chi connectivity index (χ2v) is 38.3. The number of ether oxygens (including phenoxy) is 6. The monoisotopic (exact) mass is 1150 g/mol. The molecule has 0 bridgehead atoms. The van der Waals surface area contributed by atoms with Gasteiger partial charge in [-0.15, -0.1) is 0 Å². The van der Waals surface area contributed by atoms with Crippen LogP contribution in [0.5, 0.6) is 11.5 Å². The minimum absolute atomic E-state index is 0.104. The summed E-state index contributed by atoms with van der Waals surface area (Å²) < 4.78 is 93.3. The van der Waals surface area contributed by atoms with Crippen molar-refractivity contribution in [2.45, 2.75) is 25.3 Å². The second kappa shape index (κ2) is 24.9. The third-order valence-electron chi connectivity index (χ3n) is 11.5. The molecule has 73 heavy (non-hydrogen) atoms. The Morgan fingerprint density at radius 2 is 1.05 bits per heavy atom. The first-order chi connectivity index (χ1) is 34.8. The number of hydrogen-bond acceptors (Lipinski definition) is 16. The van der Waals surface area contributed by atoms with Crippen molar-refractivity contribution < 1.29 is 64.8 Å². The number of halogens is 5. The number of carbonyl (C=O) groups excluding carboxylic acids is 3. The van der Waals surface area contributed by atoms with Gasteiger partial charge in [-0.1, -0.05) is 57.8 Å². The number of nitrogens with zero attached hydrogens (tertiary/aromatic N) is 4. The quantitative estimate of drug-likeness (QED) is 0.0796. The molecule has 5 heterocycles. The molecule has 0 spiro atoms. The zero-order valence-electron chi connectivity index (χ0n) is 39.5. The van der Waals surface area contributed by atoms with Crippen LogP contribution in [-0.2, 0) is 47.4 Å². The number of morpholine rings is 2. The molecular formula is C46H51F5N6O9P2S5. The topological polar surface area (TPSA) is 144 Å². The third kappa shape index (κ3) is 14.5. The van der Waals surface area contributed by atoms with Crippen molar-refractivity contribution in [1.29, 1.82) is 0 Å². The molecule has 27 heteroatoms. The van der Waals surface area contributed by atoms with Gasteiger partial charge in [-0.25, -0.2) is 18.4 Å². The number of nitrogens with one attached hydrogen (secondary N) is 2. The lowest BCUT2D eigenvalue weighted by Gasteiger charge is -2.40. The summed E-state index contributed by atoms with van der Waals surface area (Å²) in [5.41, 5.74) is 1.63. The first-order valence-electron chi connectivity index (χ1n) is 22.5. The van der Waals surface area contributed by atoms with Gasteiger partial charge in [-0.3, -0.25) is 14.6 Å². The minimum atomic E-state index is -5.01. The van der Waals surface area contributed by atoms with E-state index in [2.05, 4.69) is 29.6 Å². The molecule has 0 unspecified atom stereocenters. The zero-order chi connectivity index (χ0) is 52.5. The SMILES string of the molecule is CC(=S)NC[C@H]1CN(c2ccc(N3CCOCC3)c(F)c2)C(=O)O1.COc1ccc(P2(=S)SP(=S)(c3ccc(OC)cc3)S2)cc1.O=C1O[C@@H](CNC(=O)C(F)(F)F)CN1c1ccc(N2CCOCC2)c(F)c1. The van der Waals surface area contributed by atoms with Crippen LogP contribution in [-0.4, -0.2) is 134 Å². The molecule has 2 atom stereocenters. The molecule has 15 nitrogen and oxygen atoms in total. The number of amides is 3. The van der Waals surface area contributed by atoms with Gasteiger partial charge in [0, 0.05) is 36.8 Å². The van der Waals surface area contributed by atoms with Crippen molar-refractivity contribution in [2.24, 2.45) is 0 Å². The van der Waals surface area contributed by atoms with E-state index in [9.17, 15) is 36.3 Å². The molecule has 9 rings (SSSR count). The van der Waals surface area contributed by atoms with Crippen LogP contribution >= 0.6 is 43.1 Å². The van der Waals surface area contributed by atoms with Gasteiger partial charge in [0.15, 0.2) is 0 Å². The van der Waals surface area contributed by atoms with Crippen LogP contribution in [0.1, 0.15) is 6.92 Å². The number of methoxy groups -OCH3 is 2. The van der Waals surface area contributed by atoms with E-state index in [1.807, 2.05) is 56.1 Å². The Hall–Kier alpha value is -4.45. The van der Waals surface area contributed by atoms with Gasteiger partial charge in [-0.05, 0) is 91.9 Å². The molecule has 3 amide bonds. The molecule has 5 saturated heterocycles. The lowest BCUT2D eigenvalue weighted by Crippen LogP contribution is -2.41. The summed E-state index contributed by atoms with van der Waals surface area (Å²) in [5.74, 6) is -1.28. The highest BCUT2D eigenvalue weighted by atomic mass is 33.7. The molecule has 4 aromatic carbocycles. The van der Waals surface area contributed by atoms with Gasteiger partial charge in [0.2, 0.25) is 0 Å². The number of benzene rings is 4. The van der Waals surface area contributed by atoms with E-state index in [1.165, 1.54) is 39.8 Å². The van der Waals surface area contributed by atoms with E-state index in [-0.39, 0.29) is 24.2 Å². The van der Waals surface area contributed by atoms with Gasteiger partial charge in [0.25, 0.3) is 0 Å². The fraction of sp³-hybridized carbons (Fsp3) is 0.391. The molecule has 394 valence electrons. The number of thiocarbonyl (C=S) groups is 1. The molecule has 5 fully saturated rings. The van der Waals surface area contributed by atoms with Gasteiger partial charge in [0.1, 0.15) is 35.3 Å². The smallest absolute Gasteiger partial charge is 0.471 e. The molecule has 0 aromatic heterocycles. The number of carbonyl (C=O) groups is 3. The zero-order valence-corrected chi connectivity index (χ0v) is 45.4. The van der Waals surface area contributed by atoms with Crippen LogP contribution in [0.3, 0.4) is 0 Å². The summed E-state index contributed by atoms with van der Waals surface area (Å²) in [6, 6.07) is 25.3. The van der Waals surface area contributed by atoms with E-state index in [1.54, 1.807) is 38.6 Å². The van der Waals surface area contributed by atoms with Gasteiger partial charge in [0.05, 0.1) is 103 Å². The average Bonchev–Trinajstić information content (AvgIpc) is 3.95.